The van der Waals surface area contributed by atoms with Crippen LogP contribution in [0.5, 0.6) is 5.75 Å². The molecule has 4 rings (SSSR count). The average molecular weight is 379 g/mol. The van der Waals surface area contributed by atoms with E-state index in [0.29, 0.717) is 18.7 Å². The van der Waals surface area contributed by atoms with Crippen molar-refractivity contribution in [2.75, 3.05) is 38.2 Å². The van der Waals surface area contributed by atoms with Crippen LogP contribution in [0.2, 0.25) is 0 Å². The molecule has 0 atom stereocenters. The van der Waals surface area contributed by atoms with Crippen LogP contribution in [-0.2, 0) is 0 Å². The van der Waals surface area contributed by atoms with Gasteiger partial charge in [0.15, 0.2) is 5.65 Å². The molecule has 0 radical (unpaired) electrons. The molecular formula is C21H25N5O2. The number of piperazine rings is 1. The molecule has 0 unspecified atom stereocenters. The summed E-state index contributed by atoms with van der Waals surface area (Å²) in [6, 6.07) is 10.2. The largest absolute Gasteiger partial charge is 0.497 e. The molecule has 2 aromatic heterocycles. The van der Waals surface area contributed by atoms with Crippen molar-refractivity contribution in [3.63, 3.8) is 0 Å². The number of rotatable bonds is 4. The molecule has 28 heavy (non-hydrogen) atoms. The predicted octanol–water partition coefficient (Wildman–Crippen LogP) is 2.98. The quantitative estimate of drug-likeness (QED) is 0.697. The molecule has 3 heterocycles. The number of benzene rings is 1. The predicted molar refractivity (Wildman–Crippen MR) is 109 cm³/mol. The smallest absolute Gasteiger partial charge is 0.255 e. The van der Waals surface area contributed by atoms with E-state index in [1.54, 1.807) is 19.5 Å². The average Bonchev–Trinajstić information content (AvgIpc) is 3.17. The first kappa shape index (κ1) is 18.3. The highest BCUT2D eigenvalue weighted by Gasteiger charge is 2.23. The molecule has 1 aromatic carbocycles. The molecule has 7 heteroatoms. The maximum Gasteiger partial charge on any atom is 0.255 e. The standard InChI is InChI=1S/C21H25N5O2/c1-15(2)26-20-16(14-23-26)11-17(13-22-20)21(27)25-9-7-24(8-10-25)18-5-4-6-19(12-18)28-3/h4-6,11-15H,7-10H2,1-3H3. The van der Waals surface area contributed by atoms with Gasteiger partial charge in [0, 0.05) is 55.6 Å². The summed E-state index contributed by atoms with van der Waals surface area (Å²) in [6.45, 7) is 7.07. The van der Waals surface area contributed by atoms with Crippen molar-refractivity contribution in [1.29, 1.82) is 0 Å². The highest BCUT2D eigenvalue weighted by Crippen LogP contribution is 2.23. The van der Waals surface area contributed by atoms with E-state index in [1.165, 1.54) is 0 Å². The monoisotopic (exact) mass is 379 g/mol. The topological polar surface area (TPSA) is 63.5 Å². The molecule has 0 saturated carbocycles. The van der Waals surface area contributed by atoms with Gasteiger partial charge in [0.1, 0.15) is 5.75 Å². The Labute approximate surface area is 164 Å². The van der Waals surface area contributed by atoms with E-state index in [0.717, 1.165) is 35.6 Å². The summed E-state index contributed by atoms with van der Waals surface area (Å²) in [5, 5.41) is 5.28. The number of carbonyl (C=O) groups excluding carboxylic acids is 1. The number of hydrogen-bond acceptors (Lipinski definition) is 5. The van der Waals surface area contributed by atoms with E-state index in [2.05, 4.69) is 34.9 Å². The van der Waals surface area contributed by atoms with Gasteiger partial charge in [0.05, 0.1) is 18.9 Å². The minimum absolute atomic E-state index is 0.0250. The number of anilines is 1. The summed E-state index contributed by atoms with van der Waals surface area (Å²) in [4.78, 5) is 21.6. The molecular weight excluding hydrogens is 354 g/mol. The fourth-order valence-corrected chi connectivity index (χ4v) is 3.59. The fourth-order valence-electron chi connectivity index (χ4n) is 3.59. The Morgan fingerprint density at radius 3 is 2.61 bits per heavy atom. The lowest BCUT2D eigenvalue weighted by atomic mass is 10.2. The third-order valence-corrected chi connectivity index (χ3v) is 5.15. The Morgan fingerprint density at radius 1 is 1.11 bits per heavy atom. The number of fused-ring (bicyclic) bond motifs is 1. The normalized spacial score (nSPS) is 14.7. The van der Waals surface area contributed by atoms with Gasteiger partial charge in [-0.05, 0) is 32.0 Å². The van der Waals surface area contributed by atoms with Gasteiger partial charge in [0.2, 0.25) is 0 Å². The third kappa shape index (κ3) is 3.40. The number of amides is 1. The first-order valence-corrected chi connectivity index (χ1v) is 9.58. The fraction of sp³-hybridized carbons (Fsp3) is 0.381. The molecule has 1 aliphatic heterocycles. The van der Waals surface area contributed by atoms with E-state index in [1.807, 2.05) is 33.8 Å². The summed E-state index contributed by atoms with van der Waals surface area (Å²) in [7, 11) is 1.67. The number of methoxy groups -OCH3 is 1. The molecule has 7 nitrogen and oxygen atoms in total. The number of ether oxygens (including phenoxy) is 1. The summed E-state index contributed by atoms with van der Waals surface area (Å²) < 4.78 is 7.18. The number of nitrogens with zero attached hydrogens (tertiary/aromatic N) is 5. The van der Waals surface area contributed by atoms with E-state index >= 15 is 0 Å². The van der Waals surface area contributed by atoms with Crippen molar-refractivity contribution in [1.82, 2.24) is 19.7 Å². The molecule has 146 valence electrons. The van der Waals surface area contributed by atoms with Crippen LogP contribution in [0.15, 0.2) is 42.7 Å². The zero-order chi connectivity index (χ0) is 19.7. The van der Waals surface area contributed by atoms with E-state index < -0.39 is 0 Å². The van der Waals surface area contributed by atoms with Gasteiger partial charge in [-0.25, -0.2) is 9.67 Å². The number of pyridine rings is 1. The molecule has 0 spiro atoms. The van der Waals surface area contributed by atoms with Crippen LogP contribution in [-0.4, -0.2) is 58.9 Å². The van der Waals surface area contributed by atoms with Gasteiger partial charge >= 0.3 is 0 Å². The summed E-state index contributed by atoms with van der Waals surface area (Å²) >= 11 is 0. The Hall–Kier alpha value is -3.09. The highest BCUT2D eigenvalue weighted by molar-refractivity contribution is 5.97. The molecule has 0 aliphatic carbocycles. The van der Waals surface area contributed by atoms with E-state index in [-0.39, 0.29) is 11.9 Å². The molecule has 1 amide bonds. The summed E-state index contributed by atoms with van der Waals surface area (Å²) in [6.07, 6.45) is 3.44. The second kappa shape index (κ2) is 7.50. The van der Waals surface area contributed by atoms with Crippen LogP contribution >= 0.6 is 0 Å². The molecule has 1 aliphatic rings. The maximum atomic E-state index is 12.9. The zero-order valence-corrected chi connectivity index (χ0v) is 16.5. The van der Waals surface area contributed by atoms with Gasteiger partial charge in [-0.3, -0.25) is 4.79 Å². The van der Waals surface area contributed by atoms with Gasteiger partial charge < -0.3 is 14.5 Å². The first-order valence-electron chi connectivity index (χ1n) is 9.58. The van der Waals surface area contributed by atoms with Gasteiger partial charge in [-0.1, -0.05) is 6.07 Å². The van der Waals surface area contributed by atoms with Gasteiger partial charge in [-0.2, -0.15) is 5.10 Å². The first-order chi connectivity index (χ1) is 13.6. The molecule has 0 bridgehead atoms. The van der Waals surface area contributed by atoms with Crippen LogP contribution in [0.3, 0.4) is 0 Å². The van der Waals surface area contributed by atoms with Crippen LogP contribution in [0, 0.1) is 0 Å². The van der Waals surface area contributed by atoms with Crippen molar-refractivity contribution in [3.8, 4) is 5.75 Å². The minimum Gasteiger partial charge on any atom is -0.497 e. The van der Waals surface area contributed by atoms with E-state index in [4.69, 9.17) is 4.74 Å². The second-order valence-corrected chi connectivity index (χ2v) is 7.30. The Kier molecular flexibility index (Phi) is 4.90. The van der Waals surface area contributed by atoms with Crippen molar-refractivity contribution < 1.29 is 9.53 Å². The van der Waals surface area contributed by atoms with Crippen LogP contribution in [0.25, 0.3) is 11.0 Å². The van der Waals surface area contributed by atoms with E-state index in [9.17, 15) is 4.79 Å². The lowest BCUT2D eigenvalue weighted by Crippen LogP contribution is -2.48. The molecule has 1 fully saturated rings. The SMILES string of the molecule is COc1cccc(N2CCN(C(=O)c3cnc4c(cnn4C(C)C)c3)CC2)c1. The number of hydrogen-bond donors (Lipinski definition) is 0. The summed E-state index contributed by atoms with van der Waals surface area (Å²) in [5.41, 5.74) is 2.55. The van der Waals surface area contributed by atoms with Crippen LogP contribution < -0.4 is 9.64 Å². The molecule has 0 N–H and O–H groups in total. The summed E-state index contributed by atoms with van der Waals surface area (Å²) in [5.74, 6) is 0.870. The number of aromatic nitrogens is 3. The highest BCUT2D eigenvalue weighted by atomic mass is 16.5. The Morgan fingerprint density at radius 2 is 1.89 bits per heavy atom. The minimum atomic E-state index is 0.0250. The van der Waals surface area contributed by atoms with Gasteiger partial charge in [-0.15, -0.1) is 0 Å². The Bertz CT molecular complexity index is 989. The van der Waals surface area contributed by atoms with Crippen molar-refractivity contribution in [3.05, 3.63) is 48.3 Å². The number of carbonyl (C=O) groups is 1. The maximum absolute atomic E-state index is 12.9. The third-order valence-electron chi connectivity index (χ3n) is 5.15. The lowest BCUT2D eigenvalue weighted by molar-refractivity contribution is 0.0746. The van der Waals surface area contributed by atoms with Crippen LogP contribution in [0.1, 0.15) is 30.2 Å². The van der Waals surface area contributed by atoms with Crippen molar-refractivity contribution >= 4 is 22.6 Å². The van der Waals surface area contributed by atoms with Gasteiger partial charge in [0.25, 0.3) is 5.91 Å². The Balaban J connectivity index is 1.45. The molecule has 3 aromatic rings. The van der Waals surface area contributed by atoms with Crippen molar-refractivity contribution in [2.24, 2.45) is 0 Å². The zero-order valence-electron chi connectivity index (χ0n) is 16.5. The second-order valence-electron chi connectivity index (χ2n) is 7.30. The lowest BCUT2D eigenvalue weighted by Gasteiger charge is -2.36. The van der Waals surface area contributed by atoms with Crippen LogP contribution in [0.4, 0.5) is 5.69 Å². The molecule has 1 saturated heterocycles. The van der Waals surface area contributed by atoms with Crippen molar-refractivity contribution in [2.45, 2.75) is 19.9 Å².